The minimum atomic E-state index is 0.230. The summed E-state index contributed by atoms with van der Waals surface area (Å²) in [5.41, 5.74) is 26.2. The number of allylic oxidation sites excluding steroid dienone is 9. The molecule has 1 heterocycles. The van der Waals surface area contributed by atoms with Gasteiger partial charge in [0.15, 0.2) is 0 Å². The summed E-state index contributed by atoms with van der Waals surface area (Å²) in [5.74, 6) is 0.230. The molecule has 0 saturated carbocycles. The molecule has 0 aliphatic heterocycles. The van der Waals surface area contributed by atoms with Crippen molar-refractivity contribution in [2.45, 2.75) is 25.2 Å². The van der Waals surface area contributed by atoms with Crippen LogP contribution in [-0.4, -0.2) is 4.57 Å². The predicted octanol–water partition coefficient (Wildman–Crippen LogP) is 14.1. The van der Waals surface area contributed by atoms with E-state index in [1.165, 1.54) is 49.6 Å². The van der Waals surface area contributed by atoms with Gasteiger partial charge in [0.2, 0.25) is 0 Å². The fourth-order valence-electron chi connectivity index (χ4n) is 7.99. The van der Waals surface area contributed by atoms with Crippen LogP contribution in [0.4, 0.5) is 11.4 Å². The van der Waals surface area contributed by atoms with E-state index >= 15 is 0 Å². The number of aromatic nitrogens is 1. The molecule has 0 bridgehead atoms. The van der Waals surface area contributed by atoms with Crippen molar-refractivity contribution < 1.29 is 0 Å². The molecule has 4 nitrogen and oxygen atoms in total. The van der Waals surface area contributed by atoms with E-state index in [0.717, 1.165) is 47.6 Å². The molecule has 0 saturated heterocycles. The van der Waals surface area contributed by atoms with Crippen LogP contribution in [0.2, 0.25) is 0 Å². The number of fused-ring (bicyclic) bond motifs is 3. The smallest absolute Gasteiger partial charge is 0.0541 e. The number of nitrogens with one attached hydrogen (secondary N) is 1. The molecule has 9 rings (SSSR count). The van der Waals surface area contributed by atoms with Gasteiger partial charge in [0, 0.05) is 45.2 Å². The molecule has 4 heteroatoms. The highest BCUT2D eigenvalue weighted by Crippen LogP contribution is 2.38. The molecule has 0 amide bonds. The highest BCUT2D eigenvalue weighted by atomic mass is 15.0. The number of hydrogen-bond donors (Lipinski definition) is 3. The Morgan fingerprint density at radius 3 is 1.87 bits per heavy atom. The van der Waals surface area contributed by atoms with Crippen LogP contribution in [0.3, 0.4) is 0 Å². The Morgan fingerprint density at radius 2 is 1.23 bits per heavy atom. The molecule has 1 atom stereocenters. The first-order valence-corrected chi connectivity index (χ1v) is 21.3. The lowest BCUT2D eigenvalue weighted by Gasteiger charge is -2.21. The van der Waals surface area contributed by atoms with Gasteiger partial charge in [0.25, 0.3) is 0 Å². The van der Waals surface area contributed by atoms with Crippen molar-refractivity contribution in [3.8, 4) is 11.1 Å². The molecule has 7 aromatic carbocycles. The number of nitrogen functional groups attached to an aromatic ring is 1. The summed E-state index contributed by atoms with van der Waals surface area (Å²) in [5, 5.41) is 6.27. The Bertz CT molecular complexity index is 2920. The Hall–Kier alpha value is -7.82. The lowest BCUT2D eigenvalue weighted by Crippen LogP contribution is -2.07. The van der Waals surface area contributed by atoms with Gasteiger partial charge in [-0.05, 0) is 107 Å². The number of nitrogens with two attached hydrogens (primary N) is 2. The van der Waals surface area contributed by atoms with E-state index in [-0.39, 0.29) is 5.92 Å². The summed E-state index contributed by atoms with van der Waals surface area (Å²) in [7, 11) is 0. The van der Waals surface area contributed by atoms with Crippen molar-refractivity contribution in [2.24, 2.45) is 5.73 Å². The zero-order chi connectivity index (χ0) is 42.5. The van der Waals surface area contributed by atoms with E-state index in [9.17, 15) is 0 Å². The maximum Gasteiger partial charge on any atom is 0.0541 e. The van der Waals surface area contributed by atoms with Crippen LogP contribution in [0.5, 0.6) is 0 Å². The normalized spacial score (nSPS) is 14.1. The number of hydrogen-bond acceptors (Lipinski definition) is 3. The number of rotatable bonds is 12. The van der Waals surface area contributed by atoms with Crippen LogP contribution in [0, 0.1) is 0 Å². The maximum absolute atomic E-state index is 6.71. The number of para-hydroxylation sites is 2. The second kappa shape index (κ2) is 20.0. The van der Waals surface area contributed by atoms with Gasteiger partial charge in [-0.15, -0.1) is 0 Å². The van der Waals surface area contributed by atoms with Crippen molar-refractivity contribution in [3.63, 3.8) is 0 Å². The molecule has 1 aliphatic rings. The average Bonchev–Trinajstić information content (AvgIpc) is 3.66. The molecule has 1 aliphatic carbocycles. The maximum atomic E-state index is 6.71. The van der Waals surface area contributed by atoms with Gasteiger partial charge in [-0.2, -0.15) is 0 Å². The average molecular weight is 805 g/mol. The van der Waals surface area contributed by atoms with Crippen molar-refractivity contribution >= 4 is 44.6 Å². The second-order valence-electron chi connectivity index (χ2n) is 15.4. The third-order valence-electron chi connectivity index (χ3n) is 11.2. The molecule has 0 fully saturated rings. The third kappa shape index (κ3) is 9.95. The fraction of sp³-hybridized carbons (Fsp3) is 0.0690. The summed E-state index contributed by atoms with van der Waals surface area (Å²) in [6.45, 7) is 4.23. The first-order chi connectivity index (χ1) is 30.5. The number of benzene rings is 7. The molecular weight excluding hydrogens is 753 g/mol. The second-order valence-corrected chi connectivity index (χ2v) is 15.4. The third-order valence-corrected chi connectivity index (χ3v) is 11.2. The van der Waals surface area contributed by atoms with Crippen molar-refractivity contribution in [2.75, 3.05) is 11.1 Å². The first-order valence-electron chi connectivity index (χ1n) is 21.3. The van der Waals surface area contributed by atoms with E-state index in [4.69, 9.17) is 11.5 Å². The summed E-state index contributed by atoms with van der Waals surface area (Å²) >= 11 is 0. The number of anilines is 2. The van der Waals surface area contributed by atoms with Gasteiger partial charge in [0.1, 0.15) is 0 Å². The van der Waals surface area contributed by atoms with Crippen LogP contribution in [0.25, 0.3) is 44.3 Å². The standard InChI is InChI=1S/C52H45N3.C6H7N/c1-2-45(32-28-39-19-9-4-10-20-39)55-51-26-16-15-25-46(51)48-36-43(30-34-52(48)55)42-29-33-50(47(35-42)40-21-11-5-12-22-40)54-44(31-27-38-17-7-3-8-18-38)37-49(53)41-23-13-6-14-24-41;7-6-4-2-1-3-5-6/h2-21,23-26,29-37,40,54H,1,22,27-28,53H2;1-5H,7H2/b44-31+,45-32+,49-37-;. The van der Waals surface area contributed by atoms with Crippen LogP contribution in [0.1, 0.15) is 34.6 Å². The van der Waals surface area contributed by atoms with Crippen LogP contribution in [-0.2, 0) is 12.8 Å². The molecule has 304 valence electrons. The van der Waals surface area contributed by atoms with E-state index in [2.05, 4.69) is 180 Å². The largest absolute Gasteiger partial charge is 0.399 e. The molecule has 0 radical (unpaired) electrons. The summed E-state index contributed by atoms with van der Waals surface area (Å²) < 4.78 is 2.35. The fourth-order valence-corrected chi connectivity index (χ4v) is 7.99. The molecule has 5 N–H and O–H groups in total. The van der Waals surface area contributed by atoms with Gasteiger partial charge >= 0.3 is 0 Å². The number of nitrogens with zero attached hydrogens (tertiary/aromatic N) is 1. The minimum Gasteiger partial charge on any atom is -0.399 e. The highest BCUT2D eigenvalue weighted by Gasteiger charge is 2.18. The van der Waals surface area contributed by atoms with E-state index in [0.29, 0.717) is 5.70 Å². The Labute approximate surface area is 365 Å². The van der Waals surface area contributed by atoms with Crippen molar-refractivity contribution in [1.82, 2.24) is 4.57 Å². The SMILES string of the molecule is C=C/C(=C\Cc1ccccc1)n1c2ccccc2c2cc(-c3ccc(NC(/C=C(\N)c4ccccc4)=C/Cc4ccccc4)c(C4C=CC=CC4)c3)ccc21.Nc1ccccc1. The zero-order valence-electron chi connectivity index (χ0n) is 34.9. The van der Waals surface area contributed by atoms with E-state index in [1.807, 2.05) is 66.7 Å². The van der Waals surface area contributed by atoms with Crippen molar-refractivity contribution in [1.29, 1.82) is 0 Å². The quantitative estimate of drug-likeness (QED) is 0.0851. The Morgan fingerprint density at radius 1 is 0.629 bits per heavy atom. The molecular formula is C58H52N4. The summed E-state index contributed by atoms with van der Waals surface area (Å²) in [4.78, 5) is 0. The molecule has 1 aromatic heterocycles. The Kier molecular flexibility index (Phi) is 13.2. The van der Waals surface area contributed by atoms with Gasteiger partial charge in [-0.1, -0.05) is 183 Å². The molecule has 0 spiro atoms. The predicted molar refractivity (Wildman–Crippen MR) is 266 cm³/mol. The summed E-state index contributed by atoms with van der Waals surface area (Å²) in [6.07, 6.45) is 19.9. The molecule has 8 aromatic rings. The van der Waals surface area contributed by atoms with Crippen LogP contribution in [0.15, 0.2) is 243 Å². The summed E-state index contributed by atoms with van der Waals surface area (Å²) in [6, 6.07) is 63.1. The van der Waals surface area contributed by atoms with Gasteiger partial charge < -0.3 is 21.4 Å². The lowest BCUT2D eigenvalue weighted by molar-refractivity contribution is 0.856. The monoisotopic (exact) mass is 804 g/mol. The highest BCUT2D eigenvalue weighted by molar-refractivity contribution is 6.11. The molecule has 62 heavy (non-hydrogen) atoms. The zero-order valence-corrected chi connectivity index (χ0v) is 34.9. The van der Waals surface area contributed by atoms with Crippen molar-refractivity contribution in [3.05, 3.63) is 265 Å². The lowest BCUT2D eigenvalue weighted by atomic mass is 9.88. The molecule has 1 unspecified atom stereocenters. The van der Waals surface area contributed by atoms with E-state index in [1.54, 1.807) is 0 Å². The van der Waals surface area contributed by atoms with Crippen LogP contribution < -0.4 is 16.8 Å². The van der Waals surface area contributed by atoms with Crippen LogP contribution >= 0.6 is 0 Å². The van der Waals surface area contributed by atoms with Gasteiger partial charge in [0.05, 0.1) is 11.0 Å². The minimum absolute atomic E-state index is 0.230. The first kappa shape index (κ1) is 40.9. The topological polar surface area (TPSA) is 69.0 Å². The van der Waals surface area contributed by atoms with Gasteiger partial charge in [-0.25, -0.2) is 0 Å². The van der Waals surface area contributed by atoms with E-state index < -0.39 is 0 Å². The Balaban J connectivity index is 0.000000689. The van der Waals surface area contributed by atoms with Gasteiger partial charge in [-0.3, -0.25) is 0 Å².